The molecule has 1 aliphatic rings. The first-order valence-electron chi connectivity index (χ1n) is 7.02. The van der Waals surface area contributed by atoms with Crippen LogP contribution in [0.15, 0.2) is 47.4 Å². The molecule has 3 rings (SSSR count). The Hall–Kier alpha value is -2.38. The summed E-state index contributed by atoms with van der Waals surface area (Å²) < 4.78 is 28.4. The van der Waals surface area contributed by atoms with Gasteiger partial charge in [-0.3, -0.25) is 4.79 Å². The molecule has 1 amide bonds. The predicted molar refractivity (Wildman–Crippen MR) is 86.2 cm³/mol. The van der Waals surface area contributed by atoms with Crippen LogP contribution in [0.1, 0.15) is 15.9 Å². The number of primary sulfonamides is 1. The number of rotatable bonds is 3. The molecule has 0 saturated heterocycles. The van der Waals surface area contributed by atoms with Gasteiger partial charge in [0.15, 0.2) is 0 Å². The molecule has 7 heteroatoms. The third-order valence-electron chi connectivity index (χ3n) is 3.85. The summed E-state index contributed by atoms with van der Waals surface area (Å²) in [5, 5.41) is 5.20. The number of hydrogen-bond acceptors (Lipinski definition) is 4. The zero-order valence-electron chi connectivity index (χ0n) is 12.5. The zero-order valence-corrected chi connectivity index (χ0v) is 13.3. The second kappa shape index (κ2) is 5.68. The standard InChI is InChI=1S/C16H16N2O4S/c1-22-14-7-6-12(10-15(14)23(17,20)21)16(19)18-9-8-11-4-2-3-5-13(11)18/h2-7,10H,8-9H2,1H3,(H2,17,20,21). The lowest BCUT2D eigenvalue weighted by molar-refractivity contribution is 0.0989. The Morgan fingerprint density at radius 3 is 2.65 bits per heavy atom. The van der Waals surface area contributed by atoms with Crippen LogP contribution in [0.4, 0.5) is 5.69 Å². The van der Waals surface area contributed by atoms with Crippen molar-refractivity contribution >= 4 is 21.6 Å². The molecule has 0 atom stereocenters. The summed E-state index contributed by atoms with van der Waals surface area (Å²) >= 11 is 0. The normalized spacial score (nSPS) is 13.7. The molecule has 0 unspecified atom stereocenters. The van der Waals surface area contributed by atoms with E-state index in [0.29, 0.717) is 6.54 Å². The van der Waals surface area contributed by atoms with Crippen LogP contribution in [0.5, 0.6) is 5.75 Å². The van der Waals surface area contributed by atoms with E-state index in [9.17, 15) is 13.2 Å². The quantitative estimate of drug-likeness (QED) is 0.923. The molecule has 2 aromatic carbocycles. The molecule has 0 spiro atoms. The molecule has 23 heavy (non-hydrogen) atoms. The molecule has 0 radical (unpaired) electrons. The second-order valence-electron chi connectivity index (χ2n) is 5.25. The van der Waals surface area contributed by atoms with E-state index in [-0.39, 0.29) is 22.1 Å². The summed E-state index contributed by atoms with van der Waals surface area (Å²) in [5.74, 6) is -0.145. The fraction of sp³-hybridized carbons (Fsp3) is 0.188. The van der Waals surface area contributed by atoms with Crippen molar-refractivity contribution in [1.82, 2.24) is 0 Å². The summed E-state index contributed by atoms with van der Waals surface area (Å²) in [4.78, 5) is 14.2. The Balaban J connectivity index is 2.02. The number of hydrogen-bond donors (Lipinski definition) is 1. The summed E-state index contributed by atoms with van der Waals surface area (Å²) in [5.41, 5.74) is 2.21. The van der Waals surface area contributed by atoms with E-state index in [4.69, 9.17) is 9.88 Å². The zero-order chi connectivity index (χ0) is 16.6. The van der Waals surface area contributed by atoms with Crippen molar-refractivity contribution < 1.29 is 17.9 Å². The number of carbonyl (C=O) groups is 1. The molecule has 2 aromatic rings. The van der Waals surface area contributed by atoms with Crippen LogP contribution >= 0.6 is 0 Å². The summed E-state index contributed by atoms with van der Waals surface area (Å²) in [6.07, 6.45) is 0.778. The van der Waals surface area contributed by atoms with Gasteiger partial charge in [-0.2, -0.15) is 0 Å². The van der Waals surface area contributed by atoms with Crippen molar-refractivity contribution in [2.24, 2.45) is 5.14 Å². The fourth-order valence-electron chi connectivity index (χ4n) is 2.74. The maximum atomic E-state index is 12.7. The van der Waals surface area contributed by atoms with Crippen LogP contribution in [0, 0.1) is 0 Å². The largest absolute Gasteiger partial charge is 0.495 e. The first-order chi connectivity index (χ1) is 10.9. The number of anilines is 1. The van der Waals surface area contributed by atoms with Gasteiger partial charge >= 0.3 is 0 Å². The number of fused-ring (bicyclic) bond motifs is 1. The number of nitrogens with two attached hydrogens (primary N) is 1. The number of ether oxygens (including phenoxy) is 1. The minimum atomic E-state index is -3.98. The number of methoxy groups -OCH3 is 1. The third-order valence-corrected chi connectivity index (χ3v) is 4.78. The van der Waals surface area contributed by atoms with E-state index in [1.807, 2.05) is 24.3 Å². The van der Waals surface area contributed by atoms with Gasteiger partial charge < -0.3 is 9.64 Å². The monoisotopic (exact) mass is 332 g/mol. The van der Waals surface area contributed by atoms with Gasteiger partial charge in [0.1, 0.15) is 10.6 Å². The van der Waals surface area contributed by atoms with Crippen LogP contribution in [0.2, 0.25) is 0 Å². The maximum absolute atomic E-state index is 12.7. The molecule has 2 N–H and O–H groups in total. The van der Waals surface area contributed by atoms with Crippen molar-refractivity contribution in [2.45, 2.75) is 11.3 Å². The van der Waals surface area contributed by atoms with Gasteiger partial charge in [-0.25, -0.2) is 13.6 Å². The Kier molecular flexibility index (Phi) is 3.83. The molecule has 0 aromatic heterocycles. The SMILES string of the molecule is COc1ccc(C(=O)N2CCc3ccccc32)cc1S(N)(=O)=O. The molecule has 6 nitrogen and oxygen atoms in total. The smallest absolute Gasteiger partial charge is 0.258 e. The van der Waals surface area contributed by atoms with Gasteiger partial charge in [0.2, 0.25) is 10.0 Å². The highest BCUT2D eigenvalue weighted by Gasteiger charge is 2.26. The molecule has 0 fully saturated rings. The highest BCUT2D eigenvalue weighted by Crippen LogP contribution is 2.30. The predicted octanol–water partition coefficient (Wildman–Crippen LogP) is 1.55. The van der Waals surface area contributed by atoms with E-state index in [1.54, 1.807) is 4.90 Å². The van der Waals surface area contributed by atoms with Crippen LogP contribution in [-0.2, 0) is 16.4 Å². The van der Waals surface area contributed by atoms with Crippen LogP contribution in [-0.4, -0.2) is 28.0 Å². The van der Waals surface area contributed by atoms with Crippen molar-refractivity contribution in [3.8, 4) is 5.75 Å². The number of para-hydroxylation sites is 1. The van der Waals surface area contributed by atoms with Crippen LogP contribution in [0.25, 0.3) is 0 Å². The van der Waals surface area contributed by atoms with Crippen LogP contribution in [0.3, 0.4) is 0 Å². The molecule has 1 aliphatic heterocycles. The summed E-state index contributed by atoms with van der Waals surface area (Å²) in [6, 6.07) is 11.9. The molecule has 120 valence electrons. The Morgan fingerprint density at radius 2 is 1.96 bits per heavy atom. The third kappa shape index (κ3) is 2.80. The second-order valence-corrected chi connectivity index (χ2v) is 6.78. The van der Waals surface area contributed by atoms with Gasteiger partial charge in [0.05, 0.1) is 7.11 Å². The molecule has 0 saturated carbocycles. The number of benzene rings is 2. The average Bonchev–Trinajstić information content (AvgIpc) is 2.96. The molecule has 1 heterocycles. The first-order valence-corrected chi connectivity index (χ1v) is 8.57. The lowest BCUT2D eigenvalue weighted by Gasteiger charge is -2.18. The Labute approximate surface area is 134 Å². The Bertz CT molecular complexity index is 877. The lowest BCUT2D eigenvalue weighted by Crippen LogP contribution is -2.29. The number of carbonyl (C=O) groups excluding carboxylic acids is 1. The number of nitrogens with zero attached hydrogens (tertiary/aromatic N) is 1. The molecule has 0 bridgehead atoms. The van der Waals surface area contributed by atoms with Crippen molar-refractivity contribution in [1.29, 1.82) is 0 Å². The molecular weight excluding hydrogens is 316 g/mol. The van der Waals surface area contributed by atoms with E-state index in [0.717, 1.165) is 17.7 Å². The number of amides is 1. The minimum Gasteiger partial charge on any atom is -0.495 e. The summed E-state index contributed by atoms with van der Waals surface area (Å²) in [6.45, 7) is 0.564. The topological polar surface area (TPSA) is 89.7 Å². The maximum Gasteiger partial charge on any atom is 0.258 e. The number of sulfonamides is 1. The highest BCUT2D eigenvalue weighted by atomic mass is 32.2. The van der Waals surface area contributed by atoms with Gasteiger partial charge in [-0.15, -0.1) is 0 Å². The van der Waals surface area contributed by atoms with Crippen molar-refractivity contribution in [2.75, 3.05) is 18.6 Å². The van der Waals surface area contributed by atoms with E-state index in [1.165, 1.54) is 25.3 Å². The van der Waals surface area contributed by atoms with E-state index in [2.05, 4.69) is 0 Å². The lowest BCUT2D eigenvalue weighted by atomic mass is 10.1. The van der Waals surface area contributed by atoms with Gasteiger partial charge in [0, 0.05) is 17.8 Å². The van der Waals surface area contributed by atoms with Crippen LogP contribution < -0.4 is 14.8 Å². The Morgan fingerprint density at radius 1 is 1.22 bits per heavy atom. The van der Waals surface area contributed by atoms with Gasteiger partial charge in [-0.05, 0) is 36.2 Å². The molecular formula is C16H16N2O4S. The highest BCUT2D eigenvalue weighted by molar-refractivity contribution is 7.89. The average molecular weight is 332 g/mol. The summed E-state index contributed by atoms with van der Waals surface area (Å²) in [7, 11) is -2.63. The van der Waals surface area contributed by atoms with Crippen molar-refractivity contribution in [3.63, 3.8) is 0 Å². The van der Waals surface area contributed by atoms with Gasteiger partial charge in [-0.1, -0.05) is 18.2 Å². The minimum absolute atomic E-state index is 0.117. The fourth-order valence-corrected chi connectivity index (χ4v) is 3.46. The van der Waals surface area contributed by atoms with Crippen molar-refractivity contribution in [3.05, 3.63) is 53.6 Å². The first kappa shape index (κ1) is 15.5. The molecule has 0 aliphatic carbocycles. The van der Waals surface area contributed by atoms with E-state index < -0.39 is 10.0 Å². The van der Waals surface area contributed by atoms with Gasteiger partial charge in [0.25, 0.3) is 5.91 Å². The van der Waals surface area contributed by atoms with E-state index >= 15 is 0 Å².